The van der Waals surface area contributed by atoms with Gasteiger partial charge in [0.1, 0.15) is 17.2 Å². The van der Waals surface area contributed by atoms with Gasteiger partial charge >= 0.3 is 0 Å². The van der Waals surface area contributed by atoms with Crippen LogP contribution in [0, 0.1) is 34.5 Å². The number of carbonyl (C=O) groups excluding carboxylic acids is 1. The highest BCUT2D eigenvalue weighted by atomic mass is 32.2. The number of hydrogen-bond donors (Lipinski definition) is 4. The molecular formula is C57H65F3N9O6S-. The van der Waals surface area contributed by atoms with E-state index in [0.29, 0.717) is 66.5 Å². The summed E-state index contributed by atoms with van der Waals surface area (Å²) in [5.74, 6) is -2.01. The van der Waals surface area contributed by atoms with Gasteiger partial charge in [-0.3, -0.25) is 14.6 Å². The van der Waals surface area contributed by atoms with Crippen molar-refractivity contribution in [3.8, 4) is 17.4 Å². The molecule has 1 saturated carbocycles. The molecule has 5 heterocycles. The van der Waals surface area contributed by atoms with Crippen LogP contribution in [0.5, 0.6) is 17.4 Å². The van der Waals surface area contributed by atoms with Crippen LogP contribution in [0.25, 0.3) is 21.9 Å². The Morgan fingerprint density at radius 3 is 2.39 bits per heavy atom. The Labute approximate surface area is 441 Å². The number of piperidine rings is 1. The van der Waals surface area contributed by atoms with Gasteiger partial charge in [-0.25, -0.2) is 26.3 Å². The number of nitrogens with zero attached hydrogens (tertiary/aromatic N) is 5. The van der Waals surface area contributed by atoms with E-state index in [1.54, 1.807) is 30.5 Å². The van der Waals surface area contributed by atoms with Crippen LogP contribution in [-0.2, 0) is 16.6 Å². The molecule has 3 aliphatic rings. The van der Waals surface area contributed by atoms with Gasteiger partial charge in [0.2, 0.25) is 0 Å². The van der Waals surface area contributed by atoms with Crippen molar-refractivity contribution >= 4 is 54.9 Å². The summed E-state index contributed by atoms with van der Waals surface area (Å²) in [5, 5.41) is 17.6. The summed E-state index contributed by atoms with van der Waals surface area (Å²) in [6.07, 6.45) is 8.70. The molecule has 1 aliphatic carbocycles. The SMILES string of the molecule is COc1nc2[nH]cc(F)c2cc1Oc1cc(N2CCC(N3CCN(Cc4ccc(F)c(F)c4)C[C@H]3c3ccccc3C(C)C)CC2)ccc1C(=O)NS(=O)(=O)c1cc(N(C)[O-])c(NCC2CCC(C)CC2)c2[nH]ccc12. The normalized spacial score (nSPS) is 19.1. The van der Waals surface area contributed by atoms with Gasteiger partial charge in [-0.2, -0.15) is 4.98 Å². The van der Waals surface area contributed by atoms with Gasteiger partial charge < -0.3 is 39.9 Å². The van der Waals surface area contributed by atoms with E-state index >= 15 is 4.39 Å². The number of fused-ring (bicyclic) bond motifs is 2. The molecule has 0 spiro atoms. The number of nitrogens with one attached hydrogen (secondary N) is 4. The fourth-order valence-electron chi connectivity index (χ4n) is 11.5. The number of piperazine rings is 1. The van der Waals surface area contributed by atoms with Crippen LogP contribution < -0.4 is 29.5 Å². The van der Waals surface area contributed by atoms with E-state index in [2.05, 4.69) is 84.7 Å². The summed E-state index contributed by atoms with van der Waals surface area (Å²) in [6, 6.07) is 22.1. The summed E-state index contributed by atoms with van der Waals surface area (Å²) in [6.45, 7) is 11.2. The second-order valence-corrected chi connectivity index (χ2v) is 22.7. The minimum absolute atomic E-state index is 0.00563. The zero-order valence-corrected chi connectivity index (χ0v) is 44.3. The summed E-state index contributed by atoms with van der Waals surface area (Å²) < 4.78 is 86.5. The summed E-state index contributed by atoms with van der Waals surface area (Å²) >= 11 is 0. The van der Waals surface area contributed by atoms with Crippen LogP contribution >= 0.6 is 0 Å². The average Bonchev–Trinajstić information content (AvgIpc) is 4.08. The molecule has 0 bridgehead atoms. The first-order valence-electron chi connectivity index (χ1n) is 26.2. The molecule has 19 heteroatoms. The maximum Gasteiger partial charge on any atom is 0.268 e. The van der Waals surface area contributed by atoms with E-state index in [4.69, 9.17) is 9.47 Å². The lowest BCUT2D eigenvalue weighted by molar-refractivity contribution is 0.0270. The highest BCUT2D eigenvalue weighted by molar-refractivity contribution is 7.90. The van der Waals surface area contributed by atoms with Crippen molar-refractivity contribution in [1.82, 2.24) is 29.5 Å². The van der Waals surface area contributed by atoms with Gasteiger partial charge in [0, 0.05) is 93.5 Å². The number of aromatic nitrogens is 3. The fourth-order valence-corrected chi connectivity index (χ4v) is 12.7. The van der Waals surface area contributed by atoms with Crippen LogP contribution in [0.1, 0.15) is 98.3 Å². The Kier molecular flexibility index (Phi) is 15.3. The number of halogens is 3. The quantitative estimate of drug-likeness (QED) is 0.0676. The number of aromatic amines is 2. The van der Waals surface area contributed by atoms with Crippen LogP contribution in [0.2, 0.25) is 0 Å². The van der Waals surface area contributed by atoms with E-state index in [9.17, 15) is 27.2 Å². The lowest BCUT2D eigenvalue weighted by Gasteiger charge is -2.48. The predicted octanol–water partition coefficient (Wildman–Crippen LogP) is 11.2. The number of carbonyl (C=O) groups is 1. The van der Waals surface area contributed by atoms with E-state index in [1.165, 1.54) is 55.6 Å². The minimum atomic E-state index is -4.66. The van der Waals surface area contributed by atoms with Crippen molar-refractivity contribution in [2.45, 2.75) is 88.7 Å². The van der Waals surface area contributed by atoms with E-state index in [0.717, 1.165) is 63.4 Å². The number of sulfonamides is 1. The highest BCUT2D eigenvalue weighted by Gasteiger charge is 2.37. The van der Waals surface area contributed by atoms with Crippen molar-refractivity contribution in [2.24, 2.45) is 11.8 Å². The first-order valence-corrected chi connectivity index (χ1v) is 27.7. The molecule has 1 atom stereocenters. The number of anilines is 3. The molecule has 15 nitrogen and oxygen atoms in total. The Balaban J connectivity index is 0.923. The fraction of sp³-hybridized carbons (Fsp3) is 0.404. The summed E-state index contributed by atoms with van der Waals surface area (Å²) in [4.78, 5) is 31.6. The number of ether oxygens (including phenoxy) is 2. The van der Waals surface area contributed by atoms with Gasteiger partial charge in [-0.15, -0.1) is 0 Å². The maximum atomic E-state index is 15.0. The Hall–Kier alpha value is -6.80. The number of hydrogen-bond acceptors (Lipinski definition) is 12. The topological polar surface area (TPSA) is 174 Å². The molecule has 1 amide bonds. The molecule has 76 heavy (non-hydrogen) atoms. The lowest BCUT2D eigenvalue weighted by Crippen LogP contribution is -2.54. The standard InChI is InChI=1S/C57H65F3N9O6S/c1-34(2)40-8-6-7-9-41(40)49-33-67(32-37-14-17-45(58)46(59)26-37)24-25-69(49)38-19-22-68(23-20-38)39-15-16-42(50(27-39)75-51-28-44-47(60)31-63-55(44)64-57(51)74-5)56(70)65-76(72,73)52-29-48(66(4)71)54(53-43(52)18-21-61-53)62-30-36-12-10-35(3)11-13-36/h6-9,14-18,21,26-29,31,34-36,38,49,61-62H,10-13,19-20,22-25,30,32-33H2,1-5H3,(H,63,64)(H,65,70)/q-1/t35?,36?,49-/m0/s1. The first-order chi connectivity index (χ1) is 36.5. The van der Waals surface area contributed by atoms with Crippen LogP contribution in [0.4, 0.5) is 30.2 Å². The zero-order chi connectivity index (χ0) is 53.4. The third-order valence-electron chi connectivity index (χ3n) is 15.7. The molecule has 2 saturated heterocycles. The summed E-state index contributed by atoms with van der Waals surface area (Å²) in [7, 11) is -1.98. The molecule has 4 aromatic carbocycles. The molecule has 3 aromatic heterocycles. The number of benzene rings is 4. The molecule has 0 unspecified atom stereocenters. The van der Waals surface area contributed by atoms with E-state index < -0.39 is 33.4 Å². The number of amides is 1. The van der Waals surface area contributed by atoms with E-state index in [1.807, 2.05) is 0 Å². The van der Waals surface area contributed by atoms with Crippen molar-refractivity contribution in [3.63, 3.8) is 0 Å². The lowest BCUT2D eigenvalue weighted by atomic mass is 9.83. The highest BCUT2D eigenvalue weighted by Crippen LogP contribution is 2.42. The van der Waals surface area contributed by atoms with Gasteiger partial charge in [-0.05, 0) is 104 Å². The largest absolute Gasteiger partial charge is 0.758 e. The number of H-pyrrole nitrogens is 2. The first kappa shape index (κ1) is 52.6. The van der Waals surface area contributed by atoms with Crippen molar-refractivity contribution in [1.29, 1.82) is 0 Å². The molecule has 402 valence electrons. The monoisotopic (exact) mass is 1060 g/mol. The van der Waals surface area contributed by atoms with Gasteiger partial charge in [0.05, 0.1) is 39.8 Å². The smallest absolute Gasteiger partial charge is 0.268 e. The number of pyridine rings is 1. The van der Waals surface area contributed by atoms with Crippen LogP contribution in [-0.4, -0.2) is 98.5 Å². The third kappa shape index (κ3) is 10.9. The van der Waals surface area contributed by atoms with Crippen molar-refractivity contribution in [2.75, 3.05) is 68.7 Å². The molecule has 4 N–H and O–H groups in total. The van der Waals surface area contributed by atoms with Gasteiger partial charge in [0.25, 0.3) is 21.8 Å². The van der Waals surface area contributed by atoms with Crippen molar-refractivity contribution in [3.05, 3.63) is 136 Å². The average molecular weight is 1060 g/mol. The van der Waals surface area contributed by atoms with E-state index in [-0.39, 0.29) is 67.9 Å². The predicted molar refractivity (Wildman–Crippen MR) is 290 cm³/mol. The molecule has 2 aliphatic heterocycles. The van der Waals surface area contributed by atoms with Crippen LogP contribution in [0.3, 0.4) is 0 Å². The molecule has 10 rings (SSSR count). The number of methoxy groups -OCH3 is 1. The Bertz CT molecular complexity index is 3350. The second kappa shape index (κ2) is 22.0. The summed E-state index contributed by atoms with van der Waals surface area (Å²) in [5.41, 5.74) is 4.99. The van der Waals surface area contributed by atoms with Crippen molar-refractivity contribution < 1.29 is 35.9 Å². The number of hydroxylamine groups is 1. The zero-order valence-electron chi connectivity index (χ0n) is 43.5. The van der Waals surface area contributed by atoms with Crippen LogP contribution in [0.15, 0.2) is 96.2 Å². The third-order valence-corrected chi connectivity index (χ3v) is 17.1. The maximum absolute atomic E-state index is 15.0. The Morgan fingerprint density at radius 2 is 1.66 bits per heavy atom. The molecule has 7 aromatic rings. The van der Waals surface area contributed by atoms with Gasteiger partial charge in [-0.1, -0.05) is 63.9 Å². The Morgan fingerprint density at radius 1 is 0.882 bits per heavy atom. The molecule has 3 fully saturated rings. The molecule has 0 radical (unpaired) electrons. The number of rotatable bonds is 16. The minimum Gasteiger partial charge on any atom is -0.758 e. The second-order valence-electron chi connectivity index (χ2n) is 21.0. The molecular weight excluding hydrogens is 996 g/mol. The van der Waals surface area contributed by atoms with Gasteiger partial charge in [0.15, 0.2) is 17.4 Å².